The molecule has 0 bridgehead atoms. The van der Waals surface area contributed by atoms with E-state index in [1.165, 1.54) is 0 Å². The van der Waals surface area contributed by atoms with Crippen LogP contribution in [0.3, 0.4) is 0 Å². The fourth-order valence-corrected chi connectivity index (χ4v) is 2.74. The Morgan fingerprint density at radius 2 is 2.33 bits per heavy atom. The summed E-state index contributed by atoms with van der Waals surface area (Å²) in [5.74, 6) is 0.461. The van der Waals surface area contributed by atoms with Gasteiger partial charge in [0.15, 0.2) is 0 Å². The summed E-state index contributed by atoms with van der Waals surface area (Å²) in [6.45, 7) is 1.70. The largest absolute Gasteiger partial charge is 0.396 e. The highest BCUT2D eigenvalue weighted by molar-refractivity contribution is 9.10. The van der Waals surface area contributed by atoms with Crippen molar-refractivity contribution < 1.29 is 9.90 Å². The Balaban J connectivity index is 2.05. The molecule has 3 nitrogen and oxygen atoms in total. The van der Waals surface area contributed by atoms with Gasteiger partial charge in [-0.1, -0.05) is 11.6 Å². The smallest absolute Gasteiger partial charge is 0.253 e. The molecule has 1 N–H and O–H groups in total. The third kappa shape index (κ3) is 3.05. The summed E-state index contributed by atoms with van der Waals surface area (Å²) in [6.07, 6.45) is 1.75. The number of carbonyl (C=O) groups excluding carboxylic acids is 1. The van der Waals surface area contributed by atoms with Crippen LogP contribution in [-0.2, 0) is 0 Å². The van der Waals surface area contributed by atoms with Gasteiger partial charge in [0, 0.05) is 29.7 Å². The molecule has 0 saturated carbocycles. The van der Waals surface area contributed by atoms with Gasteiger partial charge in [-0.15, -0.1) is 0 Å². The number of nitrogens with zero attached hydrogens (tertiary/aromatic N) is 1. The molecule has 0 aromatic heterocycles. The average molecular weight is 333 g/mol. The predicted molar refractivity (Wildman–Crippen MR) is 74.9 cm³/mol. The number of halogens is 2. The number of rotatable bonds is 3. The zero-order valence-corrected chi connectivity index (χ0v) is 12.2. The number of aliphatic hydroxyl groups excluding tert-OH is 1. The molecule has 98 valence electrons. The molecule has 1 aliphatic heterocycles. The van der Waals surface area contributed by atoms with Gasteiger partial charge in [-0.2, -0.15) is 0 Å². The van der Waals surface area contributed by atoms with E-state index >= 15 is 0 Å². The van der Waals surface area contributed by atoms with E-state index in [0.29, 0.717) is 16.5 Å². The average Bonchev–Trinajstić information content (AvgIpc) is 2.81. The van der Waals surface area contributed by atoms with Gasteiger partial charge < -0.3 is 10.0 Å². The third-order valence-electron chi connectivity index (χ3n) is 3.28. The minimum atomic E-state index is 0.0350. The molecule has 1 aromatic carbocycles. The fourth-order valence-electron chi connectivity index (χ4n) is 2.25. The summed E-state index contributed by atoms with van der Waals surface area (Å²) in [6, 6.07) is 5.22. The first-order chi connectivity index (χ1) is 8.61. The van der Waals surface area contributed by atoms with Gasteiger partial charge in [0.05, 0.1) is 5.02 Å². The first kappa shape index (κ1) is 13.8. The van der Waals surface area contributed by atoms with Crippen LogP contribution in [0.2, 0.25) is 5.02 Å². The second kappa shape index (κ2) is 6.04. The molecular weight excluding hydrogens is 318 g/mol. The molecule has 0 spiro atoms. The van der Waals surface area contributed by atoms with E-state index in [9.17, 15) is 4.79 Å². The Bertz CT molecular complexity index is 453. The lowest BCUT2D eigenvalue weighted by atomic mass is 10.1. The van der Waals surface area contributed by atoms with Crippen LogP contribution in [0.15, 0.2) is 22.7 Å². The number of likely N-dealkylation sites (tertiary alicyclic amines) is 1. The molecule has 1 fully saturated rings. The molecule has 1 aromatic rings. The molecule has 1 atom stereocenters. The highest BCUT2D eigenvalue weighted by Crippen LogP contribution is 2.26. The van der Waals surface area contributed by atoms with Crippen molar-refractivity contribution >= 4 is 33.4 Å². The molecule has 2 rings (SSSR count). The van der Waals surface area contributed by atoms with Gasteiger partial charge in [0.2, 0.25) is 0 Å². The van der Waals surface area contributed by atoms with Crippen molar-refractivity contribution in [1.29, 1.82) is 0 Å². The van der Waals surface area contributed by atoms with Gasteiger partial charge in [-0.05, 0) is 52.9 Å². The van der Waals surface area contributed by atoms with Crippen LogP contribution in [-0.4, -0.2) is 35.6 Å². The number of aliphatic hydroxyl groups is 1. The lowest BCUT2D eigenvalue weighted by molar-refractivity contribution is 0.0784. The standard InChI is InChI=1S/C13H15BrClNO2/c14-11-7-10(1-2-12(11)15)13(18)16-5-3-9(8-16)4-6-17/h1-2,7,9,17H,3-6,8H2. The topological polar surface area (TPSA) is 40.5 Å². The summed E-state index contributed by atoms with van der Waals surface area (Å²) >= 11 is 9.23. The summed E-state index contributed by atoms with van der Waals surface area (Å²) in [4.78, 5) is 14.1. The van der Waals surface area contributed by atoms with Crippen molar-refractivity contribution in [2.24, 2.45) is 5.92 Å². The number of carbonyl (C=O) groups is 1. The summed E-state index contributed by atoms with van der Waals surface area (Å²) in [5, 5.41) is 9.51. The van der Waals surface area contributed by atoms with E-state index in [2.05, 4.69) is 15.9 Å². The third-order valence-corrected chi connectivity index (χ3v) is 4.49. The predicted octanol–water partition coefficient (Wildman–Crippen LogP) is 2.95. The Kier molecular flexibility index (Phi) is 4.65. The maximum atomic E-state index is 12.3. The minimum absolute atomic E-state index is 0.0350. The van der Waals surface area contributed by atoms with E-state index in [1.54, 1.807) is 18.2 Å². The highest BCUT2D eigenvalue weighted by atomic mass is 79.9. The molecule has 1 unspecified atom stereocenters. The molecule has 5 heteroatoms. The van der Waals surface area contributed by atoms with Gasteiger partial charge in [0.1, 0.15) is 0 Å². The minimum Gasteiger partial charge on any atom is -0.396 e. The van der Waals surface area contributed by atoms with Crippen LogP contribution in [0.4, 0.5) is 0 Å². The van der Waals surface area contributed by atoms with Crippen molar-refractivity contribution in [3.63, 3.8) is 0 Å². The SMILES string of the molecule is O=C(c1ccc(Cl)c(Br)c1)N1CCC(CCO)C1. The van der Waals surface area contributed by atoms with Crippen LogP contribution >= 0.6 is 27.5 Å². The fraction of sp³-hybridized carbons (Fsp3) is 0.462. The maximum absolute atomic E-state index is 12.3. The van der Waals surface area contributed by atoms with Crippen LogP contribution in [0.5, 0.6) is 0 Å². The quantitative estimate of drug-likeness (QED) is 0.924. The van der Waals surface area contributed by atoms with E-state index < -0.39 is 0 Å². The lowest BCUT2D eigenvalue weighted by Gasteiger charge is -2.16. The first-order valence-corrected chi connectivity index (χ1v) is 7.14. The van der Waals surface area contributed by atoms with Crippen molar-refractivity contribution in [2.45, 2.75) is 12.8 Å². The number of benzene rings is 1. The molecule has 1 heterocycles. The molecule has 1 amide bonds. The zero-order chi connectivity index (χ0) is 13.1. The monoisotopic (exact) mass is 331 g/mol. The number of hydrogen-bond donors (Lipinski definition) is 1. The second-order valence-electron chi connectivity index (χ2n) is 4.55. The van der Waals surface area contributed by atoms with Gasteiger partial charge in [-0.3, -0.25) is 4.79 Å². The van der Waals surface area contributed by atoms with Crippen molar-refractivity contribution in [2.75, 3.05) is 19.7 Å². The van der Waals surface area contributed by atoms with Gasteiger partial charge in [0.25, 0.3) is 5.91 Å². The van der Waals surface area contributed by atoms with Gasteiger partial charge >= 0.3 is 0 Å². The lowest BCUT2D eigenvalue weighted by Crippen LogP contribution is -2.28. The van der Waals surface area contributed by atoms with Crippen molar-refractivity contribution in [3.05, 3.63) is 33.3 Å². The van der Waals surface area contributed by atoms with E-state index in [1.807, 2.05) is 4.90 Å². The zero-order valence-electron chi connectivity index (χ0n) is 9.90. The summed E-state index contributed by atoms with van der Waals surface area (Å²) < 4.78 is 0.737. The van der Waals surface area contributed by atoms with E-state index in [-0.39, 0.29) is 12.5 Å². The molecular formula is C13H15BrClNO2. The van der Waals surface area contributed by atoms with Crippen molar-refractivity contribution in [1.82, 2.24) is 4.90 Å². The summed E-state index contributed by atoms with van der Waals surface area (Å²) in [7, 11) is 0. The Hall–Kier alpha value is -0.580. The normalized spacial score (nSPS) is 19.3. The van der Waals surface area contributed by atoms with Crippen LogP contribution in [0, 0.1) is 5.92 Å². The number of hydrogen-bond acceptors (Lipinski definition) is 2. The maximum Gasteiger partial charge on any atom is 0.253 e. The first-order valence-electron chi connectivity index (χ1n) is 5.97. The van der Waals surface area contributed by atoms with Gasteiger partial charge in [-0.25, -0.2) is 0 Å². The number of amides is 1. The Morgan fingerprint density at radius 1 is 1.56 bits per heavy atom. The molecule has 0 aliphatic carbocycles. The highest BCUT2D eigenvalue weighted by Gasteiger charge is 2.26. The second-order valence-corrected chi connectivity index (χ2v) is 5.81. The van der Waals surface area contributed by atoms with Crippen molar-refractivity contribution in [3.8, 4) is 0 Å². The molecule has 1 saturated heterocycles. The molecule has 18 heavy (non-hydrogen) atoms. The summed E-state index contributed by atoms with van der Waals surface area (Å²) in [5.41, 5.74) is 0.649. The Morgan fingerprint density at radius 3 is 3.00 bits per heavy atom. The molecule has 0 radical (unpaired) electrons. The van der Waals surface area contributed by atoms with Crippen LogP contribution in [0.25, 0.3) is 0 Å². The van der Waals surface area contributed by atoms with Crippen LogP contribution in [0.1, 0.15) is 23.2 Å². The van der Waals surface area contributed by atoms with E-state index in [0.717, 1.165) is 30.4 Å². The molecule has 1 aliphatic rings. The van der Waals surface area contributed by atoms with E-state index in [4.69, 9.17) is 16.7 Å². The van der Waals surface area contributed by atoms with Crippen LogP contribution < -0.4 is 0 Å². The Labute approximate surface area is 120 Å².